The van der Waals surface area contributed by atoms with E-state index in [1.54, 1.807) is 19.2 Å². The van der Waals surface area contributed by atoms with Crippen LogP contribution in [0.3, 0.4) is 0 Å². The lowest BCUT2D eigenvalue weighted by atomic mass is 9.98. The largest absolute Gasteiger partial charge is 0.383 e. The molecule has 4 heteroatoms. The van der Waals surface area contributed by atoms with Gasteiger partial charge in [0.2, 0.25) is 0 Å². The number of benzene rings is 1. The highest BCUT2D eigenvalue weighted by atomic mass is 19.1. The lowest BCUT2D eigenvalue weighted by molar-refractivity contribution is 0.199. The summed E-state index contributed by atoms with van der Waals surface area (Å²) in [7, 11) is 1.68. The first-order valence-electron chi connectivity index (χ1n) is 7.44. The monoisotopic (exact) mass is 280 g/mol. The Morgan fingerprint density at radius 3 is 2.80 bits per heavy atom. The Hall–Kier alpha value is -1.13. The molecule has 2 rings (SSSR count). The Bertz CT molecular complexity index is 417. The molecule has 1 aromatic rings. The van der Waals surface area contributed by atoms with Crippen molar-refractivity contribution in [1.29, 1.82) is 0 Å². The van der Waals surface area contributed by atoms with Crippen LogP contribution in [0.15, 0.2) is 18.2 Å². The van der Waals surface area contributed by atoms with E-state index in [2.05, 4.69) is 17.1 Å². The summed E-state index contributed by atoms with van der Waals surface area (Å²) in [6.45, 7) is 6.31. The van der Waals surface area contributed by atoms with Crippen molar-refractivity contribution in [2.75, 3.05) is 38.3 Å². The molecule has 0 bridgehead atoms. The standard InChI is InChI=1S/C16H25FN2O/c1-13-6-9-19(10-7-13)16-14(4-3-5-15(16)17)12-18-8-11-20-2/h3-5,13,18H,6-12H2,1-2H3. The molecule has 0 saturated carbocycles. The van der Waals surface area contributed by atoms with E-state index in [9.17, 15) is 4.39 Å². The summed E-state index contributed by atoms with van der Waals surface area (Å²) in [6, 6.07) is 5.36. The van der Waals surface area contributed by atoms with Gasteiger partial charge in [0, 0.05) is 33.3 Å². The first-order valence-corrected chi connectivity index (χ1v) is 7.44. The maximum atomic E-state index is 14.2. The van der Waals surface area contributed by atoms with Crippen molar-refractivity contribution in [2.24, 2.45) is 5.92 Å². The Labute approximate surface area is 121 Å². The quantitative estimate of drug-likeness (QED) is 0.811. The van der Waals surface area contributed by atoms with Crippen molar-refractivity contribution < 1.29 is 9.13 Å². The van der Waals surface area contributed by atoms with Crippen molar-refractivity contribution in [3.05, 3.63) is 29.6 Å². The highest BCUT2D eigenvalue weighted by molar-refractivity contribution is 5.55. The summed E-state index contributed by atoms with van der Waals surface area (Å²) in [5.41, 5.74) is 1.82. The molecule has 0 radical (unpaired) electrons. The number of hydrogen-bond acceptors (Lipinski definition) is 3. The number of nitrogens with one attached hydrogen (secondary N) is 1. The van der Waals surface area contributed by atoms with Gasteiger partial charge in [-0.3, -0.25) is 0 Å². The zero-order valence-electron chi connectivity index (χ0n) is 12.5. The Balaban J connectivity index is 2.06. The van der Waals surface area contributed by atoms with Crippen molar-refractivity contribution in [3.63, 3.8) is 0 Å². The SMILES string of the molecule is COCCNCc1cccc(F)c1N1CCC(C)CC1. The van der Waals surface area contributed by atoms with E-state index in [1.165, 1.54) is 0 Å². The van der Waals surface area contributed by atoms with Crippen molar-refractivity contribution in [3.8, 4) is 0 Å². The second-order valence-electron chi connectivity index (χ2n) is 5.59. The normalized spacial score (nSPS) is 16.6. The van der Waals surface area contributed by atoms with Crippen molar-refractivity contribution >= 4 is 5.69 Å². The van der Waals surface area contributed by atoms with Gasteiger partial charge in [0.1, 0.15) is 5.82 Å². The lowest BCUT2D eigenvalue weighted by Crippen LogP contribution is -2.34. The third kappa shape index (κ3) is 3.93. The van der Waals surface area contributed by atoms with Crippen LogP contribution in [0, 0.1) is 11.7 Å². The zero-order valence-corrected chi connectivity index (χ0v) is 12.5. The van der Waals surface area contributed by atoms with Gasteiger partial charge in [-0.1, -0.05) is 19.1 Å². The lowest BCUT2D eigenvalue weighted by Gasteiger charge is -2.33. The van der Waals surface area contributed by atoms with Crippen LogP contribution in [0.1, 0.15) is 25.3 Å². The van der Waals surface area contributed by atoms with E-state index in [4.69, 9.17) is 4.74 Å². The molecule has 3 nitrogen and oxygen atoms in total. The van der Waals surface area contributed by atoms with Crippen LogP contribution in [0.5, 0.6) is 0 Å². The average molecular weight is 280 g/mol. The first-order chi connectivity index (χ1) is 9.72. The molecule has 20 heavy (non-hydrogen) atoms. The van der Waals surface area contributed by atoms with Crippen LogP contribution in [-0.2, 0) is 11.3 Å². The molecule has 1 fully saturated rings. The molecule has 1 N–H and O–H groups in total. The van der Waals surface area contributed by atoms with E-state index in [0.29, 0.717) is 13.2 Å². The molecular formula is C16H25FN2O. The number of methoxy groups -OCH3 is 1. The Kier molecular flexibility index (Phi) is 5.80. The number of anilines is 1. The minimum Gasteiger partial charge on any atom is -0.383 e. The van der Waals surface area contributed by atoms with Crippen molar-refractivity contribution in [1.82, 2.24) is 5.32 Å². The topological polar surface area (TPSA) is 24.5 Å². The summed E-state index contributed by atoms with van der Waals surface area (Å²) >= 11 is 0. The van der Waals surface area contributed by atoms with E-state index >= 15 is 0 Å². The van der Waals surface area contributed by atoms with E-state index in [0.717, 1.165) is 49.6 Å². The number of para-hydroxylation sites is 1. The molecule has 0 unspecified atom stereocenters. The molecule has 1 aliphatic heterocycles. The van der Waals surface area contributed by atoms with Gasteiger partial charge in [-0.15, -0.1) is 0 Å². The molecule has 0 aliphatic carbocycles. The molecule has 0 aromatic heterocycles. The fourth-order valence-corrected chi connectivity index (χ4v) is 2.69. The van der Waals surface area contributed by atoms with Gasteiger partial charge in [0.25, 0.3) is 0 Å². The predicted molar refractivity (Wildman–Crippen MR) is 80.6 cm³/mol. The molecule has 1 aromatic carbocycles. The molecular weight excluding hydrogens is 255 g/mol. The summed E-state index contributed by atoms with van der Waals surface area (Å²) < 4.78 is 19.2. The molecule has 0 atom stereocenters. The number of hydrogen-bond donors (Lipinski definition) is 1. The second-order valence-corrected chi connectivity index (χ2v) is 5.59. The van der Waals surface area contributed by atoms with E-state index in [1.807, 2.05) is 6.07 Å². The van der Waals surface area contributed by atoms with Crippen LogP contribution in [0.25, 0.3) is 0 Å². The van der Waals surface area contributed by atoms with Crippen LogP contribution >= 0.6 is 0 Å². The summed E-state index contributed by atoms with van der Waals surface area (Å²) in [6.07, 6.45) is 2.29. The molecule has 0 amide bonds. The van der Waals surface area contributed by atoms with Gasteiger partial charge < -0.3 is 15.0 Å². The van der Waals surface area contributed by atoms with Gasteiger partial charge in [-0.25, -0.2) is 4.39 Å². The van der Waals surface area contributed by atoms with Gasteiger partial charge >= 0.3 is 0 Å². The third-order valence-electron chi connectivity index (χ3n) is 3.97. The number of rotatable bonds is 6. The zero-order chi connectivity index (χ0) is 14.4. The molecule has 1 heterocycles. The van der Waals surface area contributed by atoms with E-state index in [-0.39, 0.29) is 5.82 Å². The molecule has 0 spiro atoms. The molecule has 1 saturated heterocycles. The van der Waals surface area contributed by atoms with Crippen LogP contribution in [-0.4, -0.2) is 33.4 Å². The Morgan fingerprint density at radius 1 is 1.35 bits per heavy atom. The summed E-state index contributed by atoms with van der Waals surface area (Å²) in [5.74, 6) is 0.645. The maximum Gasteiger partial charge on any atom is 0.146 e. The van der Waals surface area contributed by atoms with Crippen molar-refractivity contribution in [2.45, 2.75) is 26.3 Å². The van der Waals surface area contributed by atoms with E-state index < -0.39 is 0 Å². The number of nitrogens with zero attached hydrogens (tertiary/aromatic N) is 1. The van der Waals surface area contributed by atoms with Crippen LogP contribution in [0.2, 0.25) is 0 Å². The van der Waals surface area contributed by atoms with Crippen LogP contribution in [0.4, 0.5) is 10.1 Å². The second kappa shape index (κ2) is 7.60. The van der Waals surface area contributed by atoms with Crippen LogP contribution < -0.4 is 10.2 Å². The highest BCUT2D eigenvalue weighted by Gasteiger charge is 2.20. The van der Waals surface area contributed by atoms with Gasteiger partial charge in [-0.05, 0) is 30.4 Å². The third-order valence-corrected chi connectivity index (χ3v) is 3.97. The maximum absolute atomic E-state index is 14.2. The number of ether oxygens (including phenoxy) is 1. The number of halogens is 1. The predicted octanol–water partition coefficient (Wildman–Crippen LogP) is 2.80. The molecule has 1 aliphatic rings. The van der Waals surface area contributed by atoms with Gasteiger partial charge in [0.05, 0.1) is 12.3 Å². The average Bonchev–Trinajstić information content (AvgIpc) is 2.45. The van der Waals surface area contributed by atoms with Gasteiger partial charge in [0.15, 0.2) is 0 Å². The molecule has 112 valence electrons. The smallest absolute Gasteiger partial charge is 0.146 e. The Morgan fingerprint density at radius 2 is 2.10 bits per heavy atom. The fourth-order valence-electron chi connectivity index (χ4n) is 2.69. The summed E-state index contributed by atoms with van der Waals surface area (Å²) in [5, 5.41) is 3.30. The van der Waals surface area contributed by atoms with Gasteiger partial charge in [-0.2, -0.15) is 0 Å². The minimum atomic E-state index is -0.106. The minimum absolute atomic E-state index is 0.106. The fraction of sp³-hybridized carbons (Fsp3) is 0.625. The number of piperidine rings is 1. The highest BCUT2D eigenvalue weighted by Crippen LogP contribution is 2.28. The first kappa shape index (κ1) is 15.3. The summed E-state index contributed by atoms with van der Waals surface area (Å²) in [4.78, 5) is 2.20.